The van der Waals surface area contributed by atoms with Crippen molar-refractivity contribution in [3.8, 4) is 0 Å². The average molecular weight is 390 g/mol. The Hall–Kier alpha value is -3.08. The number of anilines is 2. The number of piperidine rings is 1. The Morgan fingerprint density at radius 1 is 1.29 bits per heavy atom. The van der Waals surface area contributed by atoms with Crippen LogP contribution in [0.2, 0.25) is 0 Å². The molecule has 3 N–H and O–H groups in total. The lowest BCUT2D eigenvalue weighted by Gasteiger charge is -2.30. The largest absolute Gasteiger partial charge is 0.355 e. The lowest BCUT2D eigenvalue weighted by Crippen LogP contribution is -2.40. The van der Waals surface area contributed by atoms with Crippen molar-refractivity contribution < 1.29 is 13.6 Å². The highest BCUT2D eigenvalue weighted by Gasteiger charge is 2.22. The van der Waals surface area contributed by atoms with Crippen LogP contribution in [-0.2, 0) is 7.05 Å². The molecule has 0 aliphatic carbocycles. The molecular formula is C17H20F2N8O. The molecule has 3 aromatic rings. The number of carbonyl (C=O) groups excluding carboxylic acids is 1. The zero-order chi connectivity index (χ0) is 19.8. The van der Waals surface area contributed by atoms with Gasteiger partial charge in [-0.05, 0) is 25.0 Å². The third kappa shape index (κ3) is 3.40. The van der Waals surface area contributed by atoms with Gasteiger partial charge < -0.3 is 16.0 Å². The Morgan fingerprint density at radius 3 is 2.75 bits per heavy atom. The van der Waals surface area contributed by atoms with Crippen LogP contribution in [0.4, 0.5) is 20.3 Å². The molecule has 148 valence electrons. The van der Waals surface area contributed by atoms with Crippen molar-refractivity contribution in [1.29, 1.82) is 0 Å². The molecule has 0 aromatic carbocycles. The molecule has 0 unspecified atom stereocenters. The van der Waals surface area contributed by atoms with Gasteiger partial charge in [-0.1, -0.05) is 0 Å². The molecule has 0 radical (unpaired) electrons. The number of rotatable bonds is 4. The first-order valence-electron chi connectivity index (χ1n) is 8.90. The topological polar surface area (TPSA) is 106 Å². The lowest BCUT2D eigenvalue weighted by molar-refractivity contribution is 0.101. The van der Waals surface area contributed by atoms with E-state index in [-0.39, 0.29) is 17.4 Å². The molecular weight excluding hydrogens is 370 g/mol. The minimum Gasteiger partial charge on any atom is -0.355 e. The predicted molar refractivity (Wildman–Crippen MR) is 98.5 cm³/mol. The third-order valence-corrected chi connectivity index (χ3v) is 4.76. The van der Waals surface area contributed by atoms with Crippen LogP contribution in [0, 0.1) is 0 Å². The molecule has 0 saturated carbocycles. The summed E-state index contributed by atoms with van der Waals surface area (Å²) in [5, 5.41) is 10.7. The van der Waals surface area contributed by atoms with Gasteiger partial charge in [-0.3, -0.25) is 9.48 Å². The molecule has 4 heterocycles. The van der Waals surface area contributed by atoms with Gasteiger partial charge in [0, 0.05) is 32.4 Å². The van der Waals surface area contributed by atoms with Gasteiger partial charge in [-0.25, -0.2) is 18.3 Å². The molecule has 0 bridgehead atoms. The number of nitrogens with one attached hydrogen (secondary N) is 1. The van der Waals surface area contributed by atoms with E-state index in [4.69, 9.17) is 5.73 Å². The van der Waals surface area contributed by atoms with Crippen LogP contribution >= 0.6 is 0 Å². The van der Waals surface area contributed by atoms with Gasteiger partial charge >= 0.3 is 0 Å². The van der Waals surface area contributed by atoms with Crippen LogP contribution in [-0.4, -0.2) is 49.4 Å². The summed E-state index contributed by atoms with van der Waals surface area (Å²) in [5.41, 5.74) is 6.06. The molecule has 0 spiro atoms. The van der Waals surface area contributed by atoms with E-state index >= 15 is 0 Å². The van der Waals surface area contributed by atoms with Crippen molar-refractivity contribution >= 4 is 23.1 Å². The van der Waals surface area contributed by atoms with E-state index in [0.717, 1.165) is 25.9 Å². The van der Waals surface area contributed by atoms with Gasteiger partial charge in [0.25, 0.3) is 12.3 Å². The van der Waals surface area contributed by atoms with Gasteiger partial charge in [-0.2, -0.15) is 5.10 Å². The first-order valence-corrected chi connectivity index (χ1v) is 8.90. The van der Waals surface area contributed by atoms with Gasteiger partial charge in [-0.15, -0.1) is 5.10 Å². The van der Waals surface area contributed by atoms with Crippen molar-refractivity contribution in [1.82, 2.24) is 24.4 Å². The molecule has 11 heteroatoms. The molecule has 4 rings (SSSR count). The maximum atomic E-state index is 13.1. The summed E-state index contributed by atoms with van der Waals surface area (Å²) in [6.07, 6.45) is 1.64. The molecule has 0 atom stereocenters. The van der Waals surface area contributed by atoms with Crippen LogP contribution in [0.25, 0.3) is 5.65 Å². The zero-order valence-electron chi connectivity index (χ0n) is 15.2. The Labute approximate surface area is 159 Å². The van der Waals surface area contributed by atoms with Gasteiger partial charge in [0.1, 0.15) is 5.82 Å². The number of hydrogen-bond acceptors (Lipinski definition) is 6. The van der Waals surface area contributed by atoms with E-state index in [1.807, 2.05) is 6.07 Å². The van der Waals surface area contributed by atoms with Crippen LogP contribution in [0.1, 0.15) is 35.4 Å². The fourth-order valence-electron chi connectivity index (χ4n) is 3.27. The Kier molecular flexibility index (Phi) is 4.67. The summed E-state index contributed by atoms with van der Waals surface area (Å²) in [7, 11) is 1.51. The van der Waals surface area contributed by atoms with Crippen molar-refractivity contribution in [2.24, 2.45) is 12.8 Å². The number of fused-ring (bicyclic) bond motifs is 1. The second-order valence-electron chi connectivity index (χ2n) is 6.79. The maximum Gasteiger partial charge on any atom is 0.284 e. The lowest BCUT2D eigenvalue weighted by atomic mass is 10.1. The maximum absolute atomic E-state index is 13.1. The fraction of sp³-hybridized carbons (Fsp3) is 0.412. The molecule has 1 saturated heterocycles. The number of carbonyl (C=O) groups is 1. The van der Waals surface area contributed by atoms with Crippen molar-refractivity contribution in [2.45, 2.75) is 25.3 Å². The van der Waals surface area contributed by atoms with E-state index in [9.17, 15) is 13.6 Å². The number of amides is 1. The SMILES string of the molecule is Cn1cc(NC(=O)c2cnc3ccc(N4CCC(N)CC4)nn23)c(C(F)F)n1. The molecule has 1 fully saturated rings. The second-order valence-corrected chi connectivity index (χ2v) is 6.79. The molecule has 9 nitrogen and oxygen atoms in total. The summed E-state index contributed by atoms with van der Waals surface area (Å²) in [5.74, 6) is 0.119. The Morgan fingerprint density at radius 2 is 2.04 bits per heavy atom. The van der Waals surface area contributed by atoms with Crippen LogP contribution < -0.4 is 16.0 Å². The summed E-state index contributed by atoms with van der Waals surface area (Å²) in [4.78, 5) is 19.0. The van der Waals surface area contributed by atoms with Crippen molar-refractivity contribution in [3.63, 3.8) is 0 Å². The molecule has 1 aliphatic rings. The number of nitrogens with zero attached hydrogens (tertiary/aromatic N) is 6. The summed E-state index contributed by atoms with van der Waals surface area (Å²) < 4.78 is 28.8. The van der Waals surface area contributed by atoms with Crippen LogP contribution in [0.15, 0.2) is 24.5 Å². The average Bonchev–Trinajstić information content (AvgIpc) is 3.25. The number of aromatic nitrogens is 5. The first kappa shape index (κ1) is 18.3. The van der Waals surface area contributed by atoms with E-state index in [2.05, 4.69) is 25.4 Å². The molecule has 1 aliphatic heterocycles. The minimum atomic E-state index is -2.80. The molecule has 28 heavy (non-hydrogen) atoms. The van der Waals surface area contributed by atoms with E-state index < -0.39 is 18.0 Å². The predicted octanol–water partition coefficient (Wildman–Crippen LogP) is 1.58. The number of aryl methyl sites for hydroxylation is 1. The highest BCUT2D eigenvalue weighted by atomic mass is 19.3. The summed E-state index contributed by atoms with van der Waals surface area (Å²) >= 11 is 0. The van der Waals surface area contributed by atoms with Crippen molar-refractivity contribution in [3.05, 3.63) is 35.9 Å². The minimum absolute atomic E-state index is 0.0429. The first-order chi connectivity index (χ1) is 13.4. The number of halogens is 2. The number of imidazole rings is 1. The summed E-state index contributed by atoms with van der Waals surface area (Å²) in [6.45, 7) is 1.56. The molecule has 3 aromatic heterocycles. The van der Waals surface area contributed by atoms with E-state index in [0.29, 0.717) is 11.5 Å². The standard InChI is InChI=1S/C17H20F2N8O/c1-25-9-11(15(24-25)16(18)19)22-17(28)12-8-21-13-2-3-14(23-27(12)13)26-6-4-10(20)5-7-26/h2-3,8-10,16H,4-7,20H2,1H3,(H,22,28). The number of hydrogen-bond donors (Lipinski definition) is 2. The van der Waals surface area contributed by atoms with E-state index in [1.165, 1.54) is 28.6 Å². The van der Waals surface area contributed by atoms with Gasteiger partial charge in [0.15, 0.2) is 17.0 Å². The fourth-order valence-corrected chi connectivity index (χ4v) is 3.27. The van der Waals surface area contributed by atoms with Crippen molar-refractivity contribution in [2.75, 3.05) is 23.3 Å². The highest BCUT2D eigenvalue weighted by molar-refractivity contribution is 6.03. The van der Waals surface area contributed by atoms with Crippen LogP contribution in [0.5, 0.6) is 0 Å². The zero-order valence-corrected chi connectivity index (χ0v) is 15.2. The smallest absolute Gasteiger partial charge is 0.284 e. The quantitative estimate of drug-likeness (QED) is 0.701. The van der Waals surface area contributed by atoms with Gasteiger partial charge in [0.05, 0.1) is 11.9 Å². The summed E-state index contributed by atoms with van der Waals surface area (Å²) in [6, 6.07) is 3.80. The highest BCUT2D eigenvalue weighted by Crippen LogP contribution is 2.25. The number of alkyl halides is 2. The Bertz CT molecular complexity index is 1010. The van der Waals surface area contributed by atoms with Gasteiger partial charge in [0.2, 0.25) is 0 Å². The van der Waals surface area contributed by atoms with Crippen LogP contribution in [0.3, 0.4) is 0 Å². The Balaban J connectivity index is 1.61. The third-order valence-electron chi connectivity index (χ3n) is 4.76. The number of nitrogens with two attached hydrogens (primary N) is 1. The monoisotopic (exact) mass is 390 g/mol. The second kappa shape index (κ2) is 7.15. The van der Waals surface area contributed by atoms with E-state index in [1.54, 1.807) is 6.07 Å². The molecule has 1 amide bonds. The normalized spacial score (nSPS) is 15.5.